The lowest BCUT2D eigenvalue weighted by Gasteiger charge is -2.22. The Morgan fingerprint density at radius 2 is 1.86 bits per heavy atom. The van der Waals surface area contributed by atoms with Crippen molar-refractivity contribution in [2.45, 2.75) is 51.4 Å². The summed E-state index contributed by atoms with van der Waals surface area (Å²) in [5.74, 6) is -1.62. The molecular weight excluding hydrogens is 370 g/mol. The molecule has 7 nitrogen and oxygen atoms in total. The number of carbonyl (C=O) groups is 3. The van der Waals surface area contributed by atoms with E-state index in [-0.39, 0.29) is 24.9 Å². The zero-order valence-corrected chi connectivity index (χ0v) is 17.2. The fraction of sp³-hybridized carbons (Fsp3) is 0.591. The fourth-order valence-electron chi connectivity index (χ4n) is 3.79. The number of benzene rings is 1. The molecule has 0 radical (unpaired) electrons. The Morgan fingerprint density at radius 3 is 2.55 bits per heavy atom. The van der Waals surface area contributed by atoms with Crippen LogP contribution >= 0.6 is 0 Å². The highest BCUT2D eigenvalue weighted by Crippen LogP contribution is 2.21. The molecule has 7 heteroatoms. The third kappa shape index (κ3) is 7.85. The van der Waals surface area contributed by atoms with Gasteiger partial charge in [-0.2, -0.15) is 0 Å². The van der Waals surface area contributed by atoms with Gasteiger partial charge in [-0.25, -0.2) is 0 Å². The summed E-state index contributed by atoms with van der Waals surface area (Å²) in [6, 6.07) is 7.36. The molecule has 2 amide bonds. The second kappa shape index (κ2) is 12.2. The molecule has 1 aliphatic rings. The van der Waals surface area contributed by atoms with Crippen LogP contribution in [0, 0.1) is 5.92 Å². The van der Waals surface area contributed by atoms with E-state index in [4.69, 9.17) is 0 Å². The highest BCUT2D eigenvalue weighted by Gasteiger charge is 2.22. The monoisotopic (exact) mass is 403 g/mol. The third-order valence-electron chi connectivity index (χ3n) is 5.53. The number of nitrogens with one attached hydrogen (secondary N) is 3. The van der Waals surface area contributed by atoms with Gasteiger partial charge in [0.15, 0.2) is 0 Å². The molecule has 1 fully saturated rings. The molecule has 1 heterocycles. The van der Waals surface area contributed by atoms with Gasteiger partial charge < -0.3 is 21.1 Å². The molecule has 0 aliphatic carbocycles. The predicted octanol–water partition coefficient (Wildman–Crippen LogP) is 1.82. The quantitative estimate of drug-likeness (QED) is 0.451. The van der Waals surface area contributed by atoms with Crippen LogP contribution in [0.5, 0.6) is 0 Å². The Hall–Kier alpha value is -2.41. The predicted molar refractivity (Wildman–Crippen MR) is 112 cm³/mol. The Labute approximate surface area is 172 Å². The molecule has 1 aromatic carbocycles. The molecule has 1 aliphatic heterocycles. The number of piperidine rings is 1. The van der Waals surface area contributed by atoms with Crippen LogP contribution in [-0.2, 0) is 20.8 Å². The summed E-state index contributed by atoms with van der Waals surface area (Å²) in [4.78, 5) is 35.7. The van der Waals surface area contributed by atoms with Crippen molar-refractivity contribution in [3.8, 4) is 0 Å². The number of hydrogen-bond donors (Lipinski definition) is 4. The molecule has 1 saturated heterocycles. The molecule has 0 aromatic heterocycles. The van der Waals surface area contributed by atoms with E-state index in [9.17, 15) is 19.5 Å². The number of carbonyl (C=O) groups excluding carboxylic acids is 2. The first-order chi connectivity index (χ1) is 14.0. The zero-order valence-electron chi connectivity index (χ0n) is 17.2. The topological polar surface area (TPSA) is 108 Å². The van der Waals surface area contributed by atoms with Gasteiger partial charge in [0.2, 0.25) is 11.8 Å². The highest BCUT2D eigenvalue weighted by molar-refractivity contribution is 5.85. The van der Waals surface area contributed by atoms with Gasteiger partial charge in [-0.1, -0.05) is 31.2 Å². The van der Waals surface area contributed by atoms with Crippen LogP contribution in [0.1, 0.15) is 56.1 Å². The van der Waals surface area contributed by atoms with Crippen molar-refractivity contribution in [1.29, 1.82) is 0 Å². The van der Waals surface area contributed by atoms with Gasteiger partial charge in [0.1, 0.15) is 0 Å². The molecule has 2 rings (SSSR count). The minimum atomic E-state index is -0.979. The summed E-state index contributed by atoms with van der Waals surface area (Å²) in [5.41, 5.74) is 1.67. The van der Waals surface area contributed by atoms with Crippen LogP contribution in [0.3, 0.4) is 0 Å². The SMILES string of the molecule is CCc1ccccc1C(CNC(=O)CNC(=O)CCCC1CCNCC1)C(=O)O. The van der Waals surface area contributed by atoms with E-state index in [2.05, 4.69) is 16.0 Å². The van der Waals surface area contributed by atoms with E-state index in [1.807, 2.05) is 19.1 Å². The molecule has 1 unspecified atom stereocenters. The smallest absolute Gasteiger partial charge is 0.312 e. The number of hydrogen-bond acceptors (Lipinski definition) is 4. The lowest BCUT2D eigenvalue weighted by molar-refractivity contribution is -0.138. The average molecular weight is 404 g/mol. The molecule has 0 saturated carbocycles. The summed E-state index contributed by atoms with van der Waals surface area (Å²) in [6.07, 6.45) is 5.33. The summed E-state index contributed by atoms with van der Waals surface area (Å²) in [5, 5.41) is 18.1. The van der Waals surface area contributed by atoms with Crippen molar-refractivity contribution in [2.24, 2.45) is 5.92 Å². The van der Waals surface area contributed by atoms with Crippen molar-refractivity contribution >= 4 is 17.8 Å². The first-order valence-corrected chi connectivity index (χ1v) is 10.6. The van der Waals surface area contributed by atoms with E-state index in [0.717, 1.165) is 50.8 Å². The molecule has 29 heavy (non-hydrogen) atoms. The number of carboxylic acids is 1. The van der Waals surface area contributed by atoms with Gasteiger partial charge in [-0.3, -0.25) is 14.4 Å². The number of amides is 2. The van der Waals surface area contributed by atoms with Gasteiger partial charge in [0, 0.05) is 13.0 Å². The van der Waals surface area contributed by atoms with Crippen LogP contribution in [0.15, 0.2) is 24.3 Å². The van der Waals surface area contributed by atoms with Gasteiger partial charge in [0.05, 0.1) is 12.5 Å². The van der Waals surface area contributed by atoms with E-state index in [0.29, 0.717) is 17.9 Å². The van der Waals surface area contributed by atoms with Gasteiger partial charge >= 0.3 is 5.97 Å². The maximum atomic E-state index is 12.1. The fourth-order valence-corrected chi connectivity index (χ4v) is 3.79. The second-order valence-corrected chi connectivity index (χ2v) is 7.61. The molecule has 1 aromatic rings. The molecule has 0 spiro atoms. The third-order valence-corrected chi connectivity index (χ3v) is 5.53. The maximum absolute atomic E-state index is 12.1. The molecule has 1 atom stereocenters. The van der Waals surface area contributed by atoms with Crippen LogP contribution in [0.25, 0.3) is 0 Å². The number of rotatable bonds is 11. The van der Waals surface area contributed by atoms with Gasteiger partial charge in [-0.15, -0.1) is 0 Å². The second-order valence-electron chi connectivity index (χ2n) is 7.61. The van der Waals surface area contributed by atoms with Crippen molar-refractivity contribution in [3.63, 3.8) is 0 Å². The van der Waals surface area contributed by atoms with E-state index in [1.165, 1.54) is 0 Å². The largest absolute Gasteiger partial charge is 0.481 e. The Bertz CT molecular complexity index is 686. The number of aryl methyl sites for hydroxylation is 1. The minimum Gasteiger partial charge on any atom is -0.481 e. The van der Waals surface area contributed by atoms with Crippen LogP contribution in [0.4, 0.5) is 0 Å². The summed E-state index contributed by atoms with van der Waals surface area (Å²) >= 11 is 0. The Balaban J connectivity index is 1.70. The lowest BCUT2D eigenvalue weighted by Crippen LogP contribution is -2.39. The molecular formula is C22H33N3O4. The van der Waals surface area contributed by atoms with E-state index < -0.39 is 11.9 Å². The van der Waals surface area contributed by atoms with E-state index in [1.54, 1.807) is 12.1 Å². The first-order valence-electron chi connectivity index (χ1n) is 10.6. The number of aliphatic carboxylic acids is 1. The van der Waals surface area contributed by atoms with Crippen LogP contribution < -0.4 is 16.0 Å². The zero-order chi connectivity index (χ0) is 21.1. The standard InChI is InChI=1S/C22H33N3O4/c1-2-17-7-3-4-8-18(17)19(22(28)29)14-24-21(27)15-25-20(26)9-5-6-16-10-12-23-13-11-16/h3-4,7-8,16,19,23H,2,5-6,9-15H2,1H3,(H,24,27)(H,25,26)(H,28,29). The normalized spacial score (nSPS) is 15.5. The van der Waals surface area contributed by atoms with Crippen molar-refractivity contribution < 1.29 is 19.5 Å². The van der Waals surface area contributed by atoms with Crippen molar-refractivity contribution in [3.05, 3.63) is 35.4 Å². The molecule has 160 valence electrons. The van der Waals surface area contributed by atoms with Gasteiger partial charge in [0.25, 0.3) is 0 Å². The highest BCUT2D eigenvalue weighted by atomic mass is 16.4. The molecule has 4 N–H and O–H groups in total. The first kappa shape index (κ1) is 22.9. The summed E-state index contributed by atoms with van der Waals surface area (Å²) in [6.45, 7) is 3.94. The maximum Gasteiger partial charge on any atom is 0.312 e. The lowest BCUT2D eigenvalue weighted by atomic mass is 9.92. The van der Waals surface area contributed by atoms with Crippen LogP contribution in [-0.4, -0.2) is 49.1 Å². The Morgan fingerprint density at radius 1 is 1.14 bits per heavy atom. The van der Waals surface area contributed by atoms with Gasteiger partial charge in [-0.05, 0) is 62.2 Å². The van der Waals surface area contributed by atoms with E-state index >= 15 is 0 Å². The summed E-state index contributed by atoms with van der Waals surface area (Å²) in [7, 11) is 0. The van der Waals surface area contributed by atoms with Crippen molar-refractivity contribution in [2.75, 3.05) is 26.2 Å². The van der Waals surface area contributed by atoms with Crippen LogP contribution in [0.2, 0.25) is 0 Å². The average Bonchev–Trinajstić information content (AvgIpc) is 2.73. The summed E-state index contributed by atoms with van der Waals surface area (Å²) < 4.78 is 0. The minimum absolute atomic E-state index is 0.00321. The Kier molecular flexibility index (Phi) is 9.64. The van der Waals surface area contributed by atoms with Crippen molar-refractivity contribution in [1.82, 2.24) is 16.0 Å². The molecule has 0 bridgehead atoms. The number of carboxylic acid groups (broad SMARTS) is 1.